The molecule has 31 heavy (non-hydrogen) atoms. The molecule has 0 amide bonds. The number of fused-ring (bicyclic) bond motifs is 1. The quantitative estimate of drug-likeness (QED) is 0.479. The summed E-state index contributed by atoms with van der Waals surface area (Å²) >= 11 is 0. The third kappa shape index (κ3) is 5.57. The summed E-state index contributed by atoms with van der Waals surface area (Å²) in [5, 5.41) is 0. The summed E-state index contributed by atoms with van der Waals surface area (Å²) in [6, 6.07) is 2.65. The van der Waals surface area contributed by atoms with E-state index in [1.54, 1.807) is 0 Å². The van der Waals surface area contributed by atoms with Gasteiger partial charge in [0.15, 0.2) is 5.78 Å². The number of carbonyl (C=O) groups is 1. The van der Waals surface area contributed by atoms with E-state index in [1.807, 2.05) is 0 Å². The van der Waals surface area contributed by atoms with Gasteiger partial charge in [-0.25, -0.2) is 17.8 Å². The van der Waals surface area contributed by atoms with E-state index in [-0.39, 0.29) is 86.1 Å². The average molecular weight is 484 g/mol. The first-order valence-electron chi connectivity index (χ1n) is 8.66. The molecule has 13 heteroatoms. The van der Waals surface area contributed by atoms with Crippen molar-refractivity contribution in [2.45, 2.75) is 30.5 Å². The molecule has 7 nitrogen and oxygen atoms in total. The molecule has 0 N–H and O–H groups in total. The van der Waals surface area contributed by atoms with Gasteiger partial charge in [-0.15, -0.1) is 18.9 Å². The van der Waals surface area contributed by atoms with Crippen molar-refractivity contribution in [3.63, 3.8) is 0 Å². The molecule has 1 aromatic carbocycles. The van der Waals surface area contributed by atoms with Gasteiger partial charge in [0.1, 0.15) is 21.6 Å². The Labute approximate surface area is 217 Å². The number of sulfonamides is 1. The first-order valence-corrected chi connectivity index (χ1v) is 10.1. The number of alkyl halides is 3. The Kier molecular flexibility index (Phi) is 6.76. The molecule has 1 aliphatic heterocycles. The van der Waals surface area contributed by atoms with Crippen LogP contribution in [0.3, 0.4) is 0 Å². The maximum atomic E-state index is 13.5. The fraction of sp³-hybridized carbons (Fsp3) is 0.333. The van der Waals surface area contributed by atoms with Crippen molar-refractivity contribution in [1.29, 1.82) is 0 Å². The predicted octanol–water partition coefficient (Wildman–Crippen LogP) is 1.26. The fourth-order valence-corrected chi connectivity index (χ4v) is 4.19. The van der Waals surface area contributed by atoms with Crippen LogP contribution in [0.1, 0.15) is 29.6 Å². The third-order valence-corrected chi connectivity index (χ3v) is 6.11. The van der Waals surface area contributed by atoms with Gasteiger partial charge in [-0.2, -0.15) is 0 Å². The van der Waals surface area contributed by atoms with Crippen LogP contribution in [0.15, 0.2) is 35.4 Å². The Morgan fingerprint density at radius 3 is 2.55 bits per heavy atom. The molecular formula is C18H13F4KN2O5S. The van der Waals surface area contributed by atoms with Crippen molar-refractivity contribution in [2.75, 3.05) is 6.61 Å². The van der Waals surface area contributed by atoms with Gasteiger partial charge in [0.2, 0.25) is 5.88 Å². The number of benzene rings is 1. The largest absolute Gasteiger partial charge is 1.00 e. The molecule has 4 rings (SSSR count). The van der Waals surface area contributed by atoms with E-state index in [0.29, 0.717) is 24.8 Å². The number of hydrogen-bond acceptors (Lipinski definition) is 6. The summed E-state index contributed by atoms with van der Waals surface area (Å²) < 4.78 is 89.0. The zero-order valence-corrected chi connectivity index (χ0v) is 20.0. The summed E-state index contributed by atoms with van der Waals surface area (Å²) in [5.41, 5.74) is -0.520. The summed E-state index contributed by atoms with van der Waals surface area (Å²) in [5.74, 6) is -2.50. The standard InChI is InChI=1S/C18H13F4N2O5S.K/c19-10-1-2-14(29-18(20,21)22)15(5-10)30(26,27)24-11-6-12-13(25)7-17(3-4-17)9-28-16(12)23-8-11;/h1-2,5-6,8H,3-4,7,9H2;/q-1;+1. The van der Waals surface area contributed by atoms with Gasteiger partial charge in [-0.1, -0.05) is 6.07 Å². The van der Waals surface area contributed by atoms with Crippen LogP contribution in [0.4, 0.5) is 23.2 Å². The summed E-state index contributed by atoms with van der Waals surface area (Å²) in [4.78, 5) is 15.3. The molecule has 1 spiro atoms. The van der Waals surface area contributed by atoms with Crippen molar-refractivity contribution in [3.05, 3.63) is 46.6 Å². The minimum atomic E-state index is -5.20. The second kappa shape index (κ2) is 8.59. The molecule has 0 bridgehead atoms. The van der Waals surface area contributed by atoms with Crippen LogP contribution >= 0.6 is 0 Å². The second-order valence-corrected chi connectivity index (χ2v) is 8.71. The van der Waals surface area contributed by atoms with E-state index in [0.717, 1.165) is 25.1 Å². The van der Waals surface area contributed by atoms with Gasteiger partial charge >= 0.3 is 57.7 Å². The number of carbonyl (C=O) groups excluding carboxylic acids is 1. The van der Waals surface area contributed by atoms with Gasteiger partial charge in [0, 0.05) is 18.0 Å². The fourth-order valence-electron chi connectivity index (χ4n) is 3.09. The minimum Gasteiger partial charge on any atom is -0.571 e. The molecule has 0 radical (unpaired) electrons. The third-order valence-electron chi connectivity index (χ3n) is 4.78. The summed E-state index contributed by atoms with van der Waals surface area (Å²) in [7, 11) is -4.83. The van der Waals surface area contributed by atoms with Crippen molar-refractivity contribution < 1.29 is 91.6 Å². The molecule has 0 atom stereocenters. The van der Waals surface area contributed by atoms with Gasteiger partial charge in [-0.05, 0) is 31.0 Å². The molecule has 0 saturated heterocycles. The number of ether oxygens (including phenoxy) is 2. The first-order chi connectivity index (χ1) is 14.0. The average Bonchev–Trinajstić information content (AvgIpc) is 3.41. The maximum Gasteiger partial charge on any atom is 1.00 e. The normalized spacial score (nSPS) is 17.1. The number of aromatic nitrogens is 1. The Balaban J connectivity index is 0.00000272. The first kappa shape index (κ1) is 24.4. The maximum absolute atomic E-state index is 13.5. The number of halogens is 4. The van der Waals surface area contributed by atoms with E-state index in [2.05, 4.69) is 14.4 Å². The monoisotopic (exact) mass is 484 g/mol. The Morgan fingerprint density at radius 1 is 1.19 bits per heavy atom. The van der Waals surface area contributed by atoms with E-state index < -0.39 is 32.8 Å². The van der Waals surface area contributed by atoms with Gasteiger partial charge in [0.05, 0.1) is 17.1 Å². The smallest absolute Gasteiger partial charge is 0.571 e. The van der Waals surface area contributed by atoms with Crippen LogP contribution in [-0.4, -0.2) is 32.2 Å². The number of pyridine rings is 1. The second-order valence-electron chi connectivity index (χ2n) is 7.14. The Bertz CT molecular complexity index is 1140. The predicted molar refractivity (Wildman–Crippen MR) is 93.6 cm³/mol. The number of nitrogens with zero attached hydrogens (tertiary/aromatic N) is 2. The van der Waals surface area contributed by atoms with E-state index in [1.165, 1.54) is 0 Å². The van der Waals surface area contributed by atoms with Crippen LogP contribution in [0.2, 0.25) is 0 Å². The van der Waals surface area contributed by atoms with Gasteiger partial charge in [0.25, 0.3) is 0 Å². The molecule has 1 saturated carbocycles. The van der Waals surface area contributed by atoms with Crippen LogP contribution in [-0.2, 0) is 10.0 Å². The molecule has 2 aromatic rings. The Hall–Kier alpha value is -1.25. The minimum absolute atomic E-state index is 0. The van der Waals surface area contributed by atoms with Gasteiger partial charge < -0.3 is 14.2 Å². The Morgan fingerprint density at radius 2 is 1.90 bits per heavy atom. The zero-order valence-electron chi connectivity index (χ0n) is 16.1. The van der Waals surface area contributed by atoms with Crippen molar-refractivity contribution in [3.8, 4) is 11.6 Å². The molecule has 1 fully saturated rings. The van der Waals surface area contributed by atoms with Crippen LogP contribution < -0.4 is 60.9 Å². The van der Waals surface area contributed by atoms with E-state index in [9.17, 15) is 30.8 Å². The molecule has 2 aliphatic rings. The van der Waals surface area contributed by atoms with Gasteiger partial charge in [-0.3, -0.25) is 4.79 Å². The van der Waals surface area contributed by atoms with E-state index in [4.69, 9.17) is 4.74 Å². The topological polar surface area (TPSA) is 96.7 Å². The van der Waals surface area contributed by atoms with Crippen molar-refractivity contribution in [1.82, 2.24) is 4.98 Å². The SMILES string of the molecule is O=C1CC2(CC2)COc2ncc([N-]S(=O)(=O)c3cc(F)ccc3OC(F)(F)F)cc21.[K+]. The van der Waals surface area contributed by atoms with Crippen molar-refractivity contribution >= 4 is 21.5 Å². The van der Waals surface area contributed by atoms with Crippen LogP contribution in [0.5, 0.6) is 11.6 Å². The number of ketones is 1. The molecule has 0 unspecified atom stereocenters. The molecule has 160 valence electrons. The molecule has 2 heterocycles. The number of rotatable bonds is 4. The summed E-state index contributed by atoms with van der Waals surface area (Å²) in [6.07, 6.45) is -2.32. The number of Topliss-reactive ketones (excluding diaryl/α,β-unsaturated/α-hetero) is 1. The van der Waals surface area contributed by atoms with Crippen molar-refractivity contribution in [2.24, 2.45) is 5.41 Å². The summed E-state index contributed by atoms with van der Waals surface area (Å²) in [6.45, 7) is 0.314. The van der Waals surface area contributed by atoms with E-state index >= 15 is 0 Å². The molecular weight excluding hydrogens is 471 g/mol. The van der Waals surface area contributed by atoms with Crippen LogP contribution in [0, 0.1) is 11.2 Å². The number of hydrogen-bond donors (Lipinski definition) is 0. The molecule has 1 aromatic heterocycles. The molecule has 1 aliphatic carbocycles. The van der Waals surface area contributed by atoms with Crippen LogP contribution in [0.25, 0.3) is 4.72 Å². The zero-order chi connectivity index (χ0) is 21.7.